The average molecular weight is 272 g/mol. The van der Waals surface area contributed by atoms with Crippen molar-refractivity contribution in [3.8, 4) is 0 Å². The van der Waals surface area contributed by atoms with Crippen LogP contribution < -0.4 is 0 Å². The van der Waals surface area contributed by atoms with E-state index in [0.29, 0.717) is 25.9 Å². The van der Waals surface area contributed by atoms with E-state index in [0.717, 1.165) is 0 Å². The molecule has 0 bridgehead atoms. The molecule has 108 valence electrons. The van der Waals surface area contributed by atoms with E-state index in [-0.39, 0.29) is 19.6 Å². The molecule has 2 fully saturated rings. The fourth-order valence-electron chi connectivity index (χ4n) is 2.86. The first-order valence-corrected chi connectivity index (χ1v) is 6.74. The second-order valence-corrected chi connectivity index (χ2v) is 5.04. The molecule has 1 spiro atoms. The first kappa shape index (κ1) is 14.3. The molecule has 0 aromatic heterocycles. The van der Waals surface area contributed by atoms with E-state index in [1.165, 1.54) is 0 Å². The summed E-state index contributed by atoms with van der Waals surface area (Å²) in [5, 5.41) is 0. The molecule has 0 aromatic carbocycles. The predicted octanol–water partition coefficient (Wildman–Crippen LogP) is 1.37. The number of hydrogen-bond donors (Lipinski definition) is 0. The van der Waals surface area contributed by atoms with Crippen molar-refractivity contribution in [2.45, 2.75) is 45.1 Å². The van der Waals surface area contributed by atoms with Crippen LogP contribution in [0.5, 0.6) is 0 Å². The molecule has 2 aliphatic rings. The Morgan fingerprint density at radius 2 is 1.68 bits per heavy atom. The smallest absolute Gasteiger partial charge is 0.323 e. The Labute approximate surface area is 112 Å². The van der Waals surface area contributed by atoms with Crippen molar-refractivity contribution < 1.29 is 28.8 Å². The van der Waals surface area contributed by atoms with Gasteiger partial charge >= 0.3 is 11.9 Å². The third-order valence-corrected chi connectivity index (χ3v) is 3.84. The Morgan fingerprint density at radius 3 is 2.16 bits per heavy atom. The summed E-state index contributed by atoms with van der Waals surface area (Å²) in [5.74, 6) is -1.03. The molecule has 0 amide bonds. The molecule has 0 radical (unpaired) electrons. The highest BCUT2D eigenvalue weighted by Gasteiger charge is 2.61. The maximum Gasteiger partial charge on any atom is 0.323 e. The molecule has 1 atom stereocenters. The number of carbonyl (C=O) groups is 2. The fourth-order valence-corrected chi connectivity index (χ4v) is 2.86. The van der Waals surface area contributed by atoms with E-state index in [1.54, 1.807) is 13.8 Å². The minimum absolute atomic E-state index is 0.240. The van der Waals surface area contributed by atoms with Gasteiger partial charge in [0.15, 0.2) is 5.41 Å². The van der Waals surface area contributed by atoms with Crippen molar-refractivity contribution >= 4 is 11.9 Å². The van der Waals surface area contributed by atoms with Crippen molar-refractivity contribution in [1.82, 2.24) is 0 Å². The Bertz CT molecular complexity index is 340. The van der Waals surface area contributed by atoms with E-state index in [4.69, 9.17) is 19.2 Å². The quantitative estimate of drug-likeness (QED) is 0.437. The van der Waals surface area contributed by atoms with Crippen molar-refractivity contribution in [3.05, 3.63) is 0 Å². The molecule has 0 aromatic rings. The second kappa shape index (κ2) is 5.46. The monoisotopic (exact) mass is 272 g/mol. The summed E-state index contributed by atoms with van der Waals surface area (Å²) >= 11 is 0. The zero-order valence-corrected chi connectivity index (χ0v) is 11.4. The lowest BCUT2D eigenvalue weighted by molar-refractivity contribution is -0.308. The van der Waals surface area contributed by atoms with Gasteiger partial charge in [-0.05, 0) is 26.7 Å². The Hall–Kier alpha value is -1.14. The minimum Gasteiger partial charge on any atom is -0.465 e. The van der Waals surface area contributed by atoms with Crippen LogP contribution in [0.25, 0.3) is 0 Å². The van der Waals surface area contributed by atoms with E-state index < -0.39 is 23.0 Å². The number of hydrogen-bond acceptors (Lipinski definition) is 6. The Morgan fingerprint density at radius 1 is 1.05 bits per heavy atom. The van der Waals surface area contributed by atoms with Crippen LogP contribution in [0.4, 0.5) is 0 Å². The third kappa shape index (κ3) is 2.47. The van der Waals surface area contributed by atoms with Gasteiger partial charge in [-0.3, -0.25) is 9.59 Å². The Balaban J connectivity index is 2.21. The fraction of sp³-hybridized carbons (Fsp3) is 0.846. The van der Waals surface area contributed by atoms with E-state index >= 15 is 0 Å². The van der Waals surface area contributed by atoms with Crippen LogP contribution in [0.3, 0.4) is 0 Å². The lowest BCUT2D eigenvalue weighted by Crippen LogP contribution is -2.42. The van der Waals surface area contributed by atoms with Crippen molar-refractivity contribution in [3.63, 3.8) is 0 Å². The van der Waals surface area contributed by atoms with Gasteiger partial charge in [0, 0.05) is 12.8 Å². The van der Waals surface area contributed by atoms with Gasteiger partial charge in [0.25, 0.3) is 0 Å². The second-order valence-electron chi connectivity index (χ2n) is 5.04. The molecule has 1 unspecified atom stereocenters. The molecule has 6 heteroatoms. The molecule has 0 N–H and O–H groups in total. The van der Waals surface area contributed by atoms with Gasteiger partial charge < -0.3 is 9.47 Å². The molecule has 1 saturated heterocycles. The summed E-state index contributed by atoms with van der Waals surface area (Å²) in [6, 6.07) is 0. The zero-order chi connectivity index (χ0) is 13.9. The van der Waals surface area contributed by atoms with Gasteiger partial charge in [0.1, 0.15) is 5.60 Å². The summed E-state index contributed by atoms with van der Waals surface area (Å²) in [6.07, 6.45) is 1.95. The van der Waals surface area contributed by atoms with Crippen molar-refractivity contribution in [2.24, 2.45) is 5.41 Å². The summed E-state index contributed by atoms with van der Waals surface area (Å²) < 4.78 is 10.1. The highest BCUT2D eigenvalue weighted by molar-refractivity contribution is 6.00. The van der Waals surface area contributed by atoms with Crippen LogP contribution in [-0.2, 0) is 28.8 Å². The number of rotatable bonds is 4. The first-order chi connectivity index (χ1) is 9.08. The van der Waals surface area contributed by atoms with E-state index in [9.17, 15) is 9.59 Å². The average Bonchev–Trinajstić information content (AvgIpc) is 2.99. The highest BCUT2D eigenvalue weighted by Crippen LogP contribution is 2.51. The van der Waals surface area contributed by atoms with Gasteiger partial charge in [-0.1, -0.05) is 0 Å². The topological polar surface area (TPSA) is 71.1 Å². The number of ether oxygens (including phenoxy) is 2. The molecule has 1 heterocycles. The Kier molecular flexibility index (Phi) is 4.10. The normalized spacial score (nSPS) is 28.5. The first-order valence-electron chi connectivity index (χ1n) is 6.74. The standard InChI is InChI=1S/C13H20O6/c1-3-16-10(14)13(11(15)17-4-2)6-5-12(9-13)7-8-18-19-12/h3-9H2,1-2H3. The molecule has 1 aliphatic heterocycles. The summed E-state index contributed by atoms with van der Waals surface area (Å²) in [7, 11) is 0. The summed E-state index contributed by atoms with van der Waals surface area (Å²) in [4.78, 5) is 34.7. The lowest BCUT2D eigenvalue weighted by atomic mass is 9.83. The molecule has 1 aliphatic carbocycles. The van der Waals surface area contributed by atoms with Crippen molar-refractivity contribution in [1.29, 1.82) is 0 Å². The van der Waals surface area contributed by atoms with E-state index in [1.807, 2.05) is 0 Å². The van der Waals surface area contributed by atoms with Gasteiger partial charge in [0.05, 0.1) is 19.8 Å². The maximum absolute atomic E-state index is 12.2. The molecular formula is C13H20O6. The molecule has 19 heavy (non-hydrogen) atoms. The molecule has 2 rings (SSSR count). The highest BCUT2D eigenvalue weighted by atomic mass is 17.2. The van der Waals surface area contributed by atoms with Gasteiger partial charge in [0.2, 0.25) is 0 Å². The molecular weight excluding hydrogens is 252 g/mol. The van der Waals surface area contributed by atoms with Gasteiger partial charge in [-0.2, -0.15) is 0 Å². The van der Waals surface area contributed by atoms with Gasteiger partial charge in [-0.15, -0.1) is 0 Å². The van der Waals surface area contributed by atoms with Crippen LogP contribution >= 0.6 is 0 Å². The minimum atomic E-state index is -1.24. The van der Waals surface area contributed by atoms with Crippen LogP contribution in [0.2, 0.25) is 0 Å². The number of esters is 2. The van der Waals surface area contributed by atoms with Crippen LogP contribution in [0.1, 0.15) is 39.5 Å². The van der Waals surface area contributed by atoms with Crippen LogP contribution in [0.15, 0.2) is 0 Å². The van der Waals surface area contributed by atoms with E-state index in [2.05, 4.69) is 0 Å². The third-order valence-electron chi connectivity index (χ3n) is 3.84. The number of carbonyl (C=O) groups excluding carboxylic acids is 2. The maximum atomic E-state index is 12.2. The predicted molar refractivity (Wildman–Crippen MR) is 63.9 cm³/mol. The van der Waals surface area contributed by atoms with Crippen LogP contribution in [0, 0.1) is 5.41 Å². The summed E-state index contributed by atoms with van der Waals surface area (Å²) in [5.41, 5.74) is -1.78. The van der Waals surface area contributed by atoms with Gasteiger partial charge in [-0.25, -0.2) is 9.78 Å². The summed E-state index contributed by atoms with van der Waals surface area (Å²) in [6.45, 7) is 4.41. The lowest BCUT2D eigenvalue weighted by Gasteiger charge is -2.26. The van der Waals surface area contributed by atoms with Crippen molar-refractivity contribution in [2.75, 3.05) is 19.8 Å². The van der Waals surface area contributed by atoms with Crippen LogP contribution in [-0.4, -0.2) is 37.4 Å². The SMILES string of the molecule is CCOC(=O)C1(C(=O)OCC)CCC2(CCOO2)C1. The molecule has 1 saturated carbocycles. The largest absolute Gasteiger partial charge is 0.465 e. The molecule has 6 nitrogen and oxygen atoms in total. The zero-order valence-electron chi connectivity index (χ0n) is 11.4.